The van der Waals surface area contributed by atoms with Crippen molar-refractivity contribution in [2.75, 3.05) is 31.7 Å². The average molecular weight is 578 g/mol. The lowest BCUT2D eigenvalue weighted by Crippen LogP contribution is -2.38. The molecule has 0 spiro atoms. The Morgan fingerprint density at radius 2 is 1.85 bits per heavy atom. The van der Waals surface area contributed by atoms with Crippen LogP contribution >= 0.6 is 11.3 Å². The summed E-state index contributed by atoms with van der Waals surface area (Å²) in [7, 11) is 0. The molecule has 2 aromatic rings. The molecule has 10 heteroatoms. The predicted octanol–water partition coefficient (Wildman–Crippen LogP) is 6.43. The molecule has 0 radical (unpaired) electrons. The summed E-state index contributed by atoms with van der Waals surface area (Å²) in [5.41, 5.74) is 6.89. The number of hydrogen-bond acceptors (Lipinski definition) is 9. The molecule has 0 aromatic carbocycles. The third-order valence-electron chi connectivity index (χ3n) is 5.81. The van der Waals surface area contributed by atoms with Crippen LogP contribution in [0, 0.1) is 5.41 Å². The number of ether oxygens (including phenoxy) is 1. The monoisotopic (exact) mass is 577 g/mol. The van der Waals surface area contributed by atoms with E-state index in [0.717, 1.165) is 35.2 Å². The lowest BCUT2D eigenvalue weighted by molar-refractivity contribution is -0.0980. The van der Waals surface area contributed by atoms with Crippen LogP contribution in [0.2, 0.25) is 0 Å². The number of amidine groups is 1. The van der Waals surface area contributed by atoms with E-state index in [4.69, 9.17) is 15.3 Å². The highest BCUT2D eigenvalue weighted by molar-refractivity contribution is 7.21. The van der Waals surface area contributed by atoms with Gasteiger partial charge in [0.25, 0.3) is 0 Å². The highest BCUT2D eigenvalue weighted by Gasteiger charge is 2.18. The Morgan fingerprint density at radius 1 is 1.23 bits per heavy atom. The first-order valence-corrected chi connectivity index (χ1v) is 15.0. The van der Waals surface area contributed by atoms with E-state index in [9.17, 15) is 0 Å². The van der Waals surface area contributed by atoms with Crippen molar-refractivity contribution in [2.45, 2.75) is 100 Å². The first-order valence-electron chi connectivity index (χ1n) is 14.2. The number of fused-ring (bicyclic) bond motifs is 1. The van der Waals surface area contributed by atoms with Crippen molar-refractivity contribution in [2.24, 2.45) is 16.1 Å². The summed E-state index contributed by atoms with van der Waals surface area (Å²) in [6, 6.07) is 4.27. The zero-order valence-corrected chi connectivity index (χ0v) is 27.5. The van der Waals surface area contributed by atoms with Crippen LogP contribution in [-0.4, -0.2) is 65.5 Å². The maximum atomic E-state index is 8.00. The largest absolute Gasteiger partial charge is 0.387 e. The number of rotatable bonds is 9. The molecule has 0 aliphatic carbocycles. The van der Waals surface area contributed by atoms with Crippen molar-refractivity contribution in [3.63, 3.8) is 0 Å². The van der Waals surface area contributed by atoms with E-state index in [2.05, 4.69) is 79.0 Å². The fraction of sp³-hybridized carbons (Fsp3) is 0.667. The number of thiazole rings is 1. The minimum Gasteiger partial charge on any atom is -0.387 e. The van der Waals surface area contributed by atoms with Crippen LogP contribution in [0.4, 0.5) is 5.13 Å². The van der Waals surface area contributed by atoms with Gasteiger partial charge in [-0.2, -0.15) is 0 Å². The average Bonchev–Trinajstić information content (AvgIpc) is 3.56. The van der Waals surface area contributed by atoms with Gasteiger partial charge in [0.05, 0.1) is 18.2 Å². The van der Waals surface area contributed by atoms with Gasteiger partial charge < -0.3 is 25.9 Å². The zero-order chi connectivity index (χ0) is 30.8. The molecule has 1 fully saturated rings. The molecule has 1 aliphatic heterocycles. The molecule has 0 bridgehead atoms. The third-order valence-corrected chi connectivity index (χ3v) is 6.70. The molecule has 9 nitrogen and oxygen atoms in total. The van der Waals surface area contributed by atoms with Gasteiger partial charge in [-0.1, -0.05) is 46.0 Å². The van der Waals surface area contributed by atoms with Crippen molar-refractivity contribution in [3.05, 3.63) is 30.2 Å². The van der Waals surface area contributed by atoms with Crippen LogP contribution < -0.4 is 16.4 Å². The number of carbonyl (C=O) groups is 1. The first-order chi connectivity index (χ1) is 18.8. The SMILES string of the molecule is C/C(N)=N\C(=C/CCN[C@@H](C)C(C)(C)C)Nc1nc2cccnc2s1.C=O.CC.CC(C)(C)OCN1CCCC1. The Labute approximate surface area is 247 Å². The van der Waals surface area contributed by atoms with Gasteiger partial charge in [-0.15, -0.1) is 0 Å². The van der Waals surface area contributed by atoms with Crippen LogP contribution in [0.25, 0.3) is 10.3 Å². The molecular weight excluding hydrogens is 522 g/mol. The summed E-state index contributed by atoms with van der Waals surface area (Å²) in [5.74, 6) is 1.22. The minimum atomic E-state index is 0.0165. The maximum Gasteiger partial charge on any atom is 0.190 e. The molecule has 0 saturated carbocycles. The second kappa shape index (κ2) is 19.6. The van der Waals surface area contributed by atoms with Crippen molar-refractivity contribution >= 4 is 39.4 Å². The fourth-order valence-electron chi connectivity index (χ4n) is 3.26. The van der Waals surface area contributed by atoms with Crippen molar-refractivity contribution in [1.29, 1.82) is 0 Å². The van der Waals surface area contributed by atoms with Crippen LogP contribution in [0.1, 0.15) is 88.5 Å². The number of nitrogens with one attached hydrogen (secondary N) is 2. The summed E-state index contributed by atoms with van der Waals surface area (Å²) >= 11 is 1.50. The number of aromatic nitrogens is 2. The molecule has 228 valence electrons. The van der Waals surface area contributed by atoms with Gasteiger partial charge in [0.2, 0.25) is 0 Å². The van der Waals surface area contributed by atoms with Gasteiger partial charge in [-0.25, -0.2) is 15.0 Å². The standard InChI is InChI=1S/C18H28N6S.C9H19NO.C2H6.CH2O/c1-12(18(3,4)5)20-10-7-9-15(22-13(2)19)24-17-23-14-8-6-11-21-16(14)25-17;1-9(2,3)11-8-10-6-4-5-7-10;2*1-2/h6,8-9,11-12,20H,7,10H2,1-5H3,(H2,19,22)(H,23,24);4-8H2,1-3H3;1-2H3;1H2/b15-9+;;;/t12-;;;/m0.../s1. The number of nitrogens with zero attached hydrogens (tertiary/aromatic N) is 4. The predicted molar refractivity (Wildman–Crippen MR) is 173 cm³/mol. The summed E-state index contributed by atoms with van der Waals surface area (Å²) < 4.78 is 5.64. The van der Waals surface area contributed by atoms with Gasteiger partial charge in [0, 0.05) is 25.3 Å². The normalized spacial score (nSPS) is 15.2. The molecule has 2 aromatic heterocycles. The Morgan fingerprint density at radius 3 is 2.38 bits per heavy atom. The van der Waals surface area contributed by atoms with Crippen molar-refractivity contribution in [1.82, 2.24) is 20.2 Å². The lowest BCUT2D eigenvalue weighted by atomic mass is 9.88. The van der Waals surface area contributed by atoms with Crippen molar-refractivity contribution < 1.29 is 9.53 Å². The molecule has 3 heterocycles. The quantitative estimate of drug-likeness (QED) is 0.177. The minimum absolute atomic E-state index is 0.0165. The molecule has 40 heavy (non-hydrogen) atoms. The highest BCUT2D eigenvalue weighted by atomic mass is 32.1. The molecule has 1 aliphatic rings. The Hall–Kier alpha value is -2.40. The molecule has 3 rings (SSSR count). The van der Waals surface area contributed by atoms with Gasteiger partial charge in [0.1, 0.15) is 23.0 Å². The van der Waals surface area contributed by atoms with E-state index in [1.54, 1.807) is 13.1 Å². The smallest absolute Gasteiger partial charge is 0.190 e. The van der Waals surface area contributed by atoms with E-state index < -0.39 is 0 Å². The van der Waals surface area contributed by atoms with Gasteiger partial charge in [-0.05, 0) is 84.0 Å². The lowest BCUT2D eigenvalue weighted by Gasteiger charge is -2.28. The van der Waals surface area contributed by atoms with E-state index in [1.807, 2.05) is 38.8 Å². The summed E-state index contributed by atoms with van der Waals surface area (Å²) in [6.07, 6.45) is 7.34. The fourth-order valence-corrected chi connectivity index (χ4v) is 4.07. The second-order valence-electron chi connectivity index (χ2n) is 11.4. The number of hydrogen-bond donors (Lipinski definition) is 3. The second-order valence-corrected chi connectivity index (χ2v) is 12.3. The third kappa shape index (κ3) is 16.6. The van der Waals surface area contributed by atoms with E-state index in [1.165, 1.54) is 37.3 Å². The summed E-state index contributed by atoms with van der Waals surface area (Å²) in [5, 5.41) is 7.56. The molecule has 4 N–H and O–H groups in total. The van der Waals surface area contributed by atoms with E-state index in [-0.39, 0.29) is 11.0 Å². The number of anilines is 1. The number of carbonyl (C=O) groups excluding carboxylic acids is 1. The first kappa shape index (κ1) is 37.6. The molecule has 1 saturated heterocycles. The molecule has 1 atom stereocenters. The molecule has 0 amide bonds. The van der Waals surface area contributed by atoms with E-state index >= 15 is 0 Å². The Kier molecular flexibility index (Phi) is 18.5. The summed E-state index contributed by atoms with van der Waals surface area (Å²) in [6.45, 7) is 27.1. The van der Waals surface area contributed by atoms with Crippen molar-refractivity contribution in [3.8, 4) is 0 Å². The number of pyridine rings is 1. The molecular formula is C30H55N7O2S. The number of likely N-dealkylation sites (tertiary alicyclic amines) is 1. The summed E-state index contributed by atoms with van der Waals surface area (Å²) in [4.78, 5) is 24.5. The van der Waals surface area contributed by atoms with Crippen LogP contribution in [0.15, 0.2) is 35.2 Å². The zero-order valence-electron chi connectivity index (χ0n) is 26.6. The van der Waals surface area contributed by atoms with Gasteiger partial charge in [0.15, 0.2) is 5.13 Å². The van der Waals surface area contributed by atoms with Crippen LogP contribution in [-0.2, 0) is 9.53 Å². The topological polar surface area (TPSA) is 118 Å². The van der Waals surface area contributed by atoms with Gasteiger partial charge >= 0.3 is 0 Å². The number of nitrogens with two attached hydrogens (primary N) is 1. The van der Waals surface area contributed by atoms with E-state index in [0.29, 0.717) is 17.7 Å². The molecule has 0 unspecified atom stereocenters. The maximum absolute atomic E-state index is 8.00. The van der Waals surface area contributed by atoms with Crippen LogP contribution in [0.3, 0.4) is 0 Å². The van der Waals surface area contributed by atoms with Crippen LogP contribution in [0.5, 0.6) is 0 Å². The van der Waals surface area contributed by atoms with Gasteiger partial charge in [-0.3, -0.25) is 4.90 Å². The number of aliphatic imine (C=N–C) groups is 1. The Balaban J connectivity index is 0.000000844. The highest BCUT2D eigenvalue weighted by Crippen LogP contribution is 2.25. The Bertz CT molecular complexity index is 966.